The first-order valence-corrected chi connectivity index (χ1v) is 11.6. The Kier molecular flexibility index (Phi) is 6.43. The van der Waals surface area contributed by atoms with E-state index in [1.807, 2.05) is 6.07 Å². The molecule has 3 aromatic heterocycles. The molecule has 0 saturated carbocycles. The number of aliphatic hydroxyl groups is 1. The Morgan fingerprint density at radius 2 is 1.74 bits per heavy atom. The number of para-hydroxylation sites is 1. The van der Waals surface area contributed by atoms with Crippen LogP contribution in [0.2, 0.25) is 0 Å². The van der Waals surface area contributed by atoms with Gasteiger partial charge < -0.3 is 24.7 Å². The van der Waals surface area contributed by atoms with Crippen LogP contribution in [0.1, 0.15) is 0 Å². The van der Waals surface area contributed by atoms with E-state index in [0.29, 0.717) is 22.4 Å². The number of rotatable bonds is 8. The van der Waals surface area contributed by atoms with E-state index >= 15 is 0 Å². The summed E-state index contributed by atoms with van der Waals surface area (Å²) in [6.07, 6.45) is -1.08. The maximum absolute atomic E-state index is 13.1. The van der Waals surface area contributed by atoms with Gasteiger partial charge in [-0.2, -0.15) is 4.98 Å². The van der Waals surface area contributed by atoms with Gasteiger partial charge in [-0.05, 0) is 30.3 Å². The Labute approximate surface area is 214 Å². The van der Waals surface area contributed by atoms with Gasteiger partial charge in [0.25, 0.3) is 11.5 Å². The van der Waals surface area contributed by atoms with Gasteiger partial charge in [-0.15, -0.1) is 10.2 Å². The Bertz CT molecular complexity index is 1780. The van der Waals surface area contributed by atoms with Crippen LogP contribution in [-0.2, 0) is 20.6 Å². The van der Waals surface area contributed by atoms with Gasteiger partial charge in [-0.25, -0.2) is 4.79 Å². The molecule has 0 spiro atoms. The molecule has 0 unspecified atom stereocenters. The van der Waals surface area contributed by atoms with Crippen molar-refractivity contribution in [2.45, 2.75) is 12.6 Å². The summed E-state index contributed by atoms with van der Waals surface area (Å²) in [7, 11) is 4.40. The fourth-order valence-electron chi connectivity index (χ4n) is 4.12. The van der Waals surface area contributed by atoms with Crippen molar-refractivity contribution in [2.75, 3.05) is 13.7 Å². The zero-order valence-corrected chi connectivity index (χ0v) is 20.8. The van der Waals surface area contributed by atoms with Gasteiger partial charge in [0.1, 0.15) is 24.2 Å². The third kappa shape index (κ3) is 4.39. The number of methoxy groups -OCH3 is 1. The van der Waals surface area contributed by atoms with E-state index in [0.717, 1.165) is 4.57 Å². The van der Waals surface area contributed by atoms with Crippen LogP contribution < -0.4 is 20.7 Å². The summed E-state index contributed by atoms with van der Waals surface area (Å²) in [5, 5.41) is 30.1. The summed E-state index contributed by atoms with van der Waals surface area (Å²) in [5.74, 6) is 0.967. The Balaban J connectivity index is 1.52. The molecule has 196 valence electrons. The maximum atomic E-state index is 13.1. The van der Waals surface area contributed by atoms with Crippen LogP contribution in [0.3, 0.4) is 0 Å². The van der Waals surface area contributed by atoms with Crippen molar-refractivity contribution in [1.82, 2.24) is 23.7 Å². The number of benzene rings is 2. The van der Waals surface area contributed by atoms with Crippen molar-refractivity contribution >= 4 is 33.7 Å². The van der Waals surface area contributed by atoms with Crippen molar-refractivity contribution in [3.8, 4) is 17.4 Å². The number of azo groups is 1. The average Bonchev–Trinajstić information content (AvgIpc) is 3.45. The van der Waals surface area contributed by atoms with Crippen molar-refractivity contribution in [3.05, 3.63) is 69.4 Å². The monoisotopic (exact) mass is 519 g/mol. The first-order chi connectivity index (χ1) is 18.3. The largest absolute Gasteiger partial charge is 0.497 e. The molecule has 2 aromatic carbocycles. The van der Waals surface area contributed by atoms with Crippen molar-refractivity contribution < 1.29 is 19.7 Å². The standard InChI is InChI=1S/C25H25N7O6/c1-30-21-20(23(35)31(2)25(30)36)32(12-14(33)13-38-16-10-8-15(37-3)9-11-16)24(27-21)29-28-19-17-6-4-5-7-18(17)26-22(19)34/h4-11,14,26,33-34H,12-13H2,1-3H3/t14-/m1/s1. The summed E-state index contributed by atoms with van der Waals surface area (Å²) in [6, 6.07) is 14.0. The number of imidazole rings is 1. The molecule has 0 aliphatic rings. The molecule has 38 heavy (non-hydrogen) atoms. The average molecular weight is 520 g/mol. The molecule has 13 heteroatoms. The maximum Gasteiger partial charge on any atom is 0.332 e. The Hall–Kier alpha value is -4.91. The SMILES string of the molecule is COc1ccc(OC[C@H](O)Cn2c(N=Nc3c(O)[nH]c4ccccc34)nc3c2c(=O)n(C)c(=O)n3C)cc1. The molecule has 3 N–H and O–H groups in total. The highest BCUT2D eigenvalue weighted by atomic mass is 16.5. The fraction of sp³-hybridized carbons (Fsp3) is 0.240. The molecule has 0 fully saturated rings. The molecule has 0 aliphatic heterocycles. The molecular formula is C25H25N7O6. The lowest BCUT2D eigenvalue weighted by Crippen LogP contribution is -2.38. The zero-order valence-electron chi connectivity index (χ0n) is 20.8. The molecule has 1 atom stereocenters. The number of H-pyrrole nitrogens is 1. The van der Waals surface area contributed by atoms with Crippen molar-refractivity contribution in [3.63, 3.8) is 0 Å². The number of aryl methyl sites for hydroxylation is 1. The van der Waals surface area contributed by atoms with Gasteiger partial charge in [-0.3, -0.25) is 18.5 Å². The van der Waals surface area contributed by atoms with Crippen molar-refractivity contribution in [1.29, 1.82) is 0 Å². The van der Waals surface area contributed by atoms with Gasteiger partial charge >= 0.3 is 5.69 Å². The molecule has 0 amide bonds. The van der Waals surface area contributed by atoms with Crippen LogP contribution in [0.5, 0.6) is 17.4 Å². The normalized spacial score (nSPS) is 12.5. The van der Waals surface area contributed by atoms with Crippen LogP contribution in [0.15, 0.2) is 68.3 Å². The van der Waals surface area contributed by atoms with Crippen LogP contribution in [0.25, 0.3) is 22.1 Å². The van der Waals surface area contributed by atoms with Crippen LogP contribution in [0.4, 0.5) is 11.6 Å². The van der Waals surface area contributed by atoms with Crippen LogP contribution >= 0.6 is 0 Å². The number of aliphatic hydroxyl groups excluding tert-OH is 1. The molecular weight excluding hydrogens is 494 g/mol. The van der Waals surface area contributed by atoms with E-state index in [1.165, 1.54) is 23.2 Å². The number of hydrogen-bond acceptors (Lipinski definition) is 9. The quantitative estimate of drug-likeness (QED) is 0.265. The van der Waals surface area contributed by atoms with Crippen molar-refractivity contribution in [2.24, 2.45) is 24.3 Å². The third-order valence-corrected chi connectivity index (χ3v) is 6.12. The van der Waals surface area contributed by atoms with Gasteiger partial charge in [0.2, 0.25) is 5.88 Å². The first-order valence-electron chi connectivity index (χ1n) is 11.6. The van der Waals surface area contributed by atoms with Gasteiger partial charge in [0.15, 0.2) is 16.9 Å². The van der Waals surface area contributed by atoms with E-state index in [9.17, 15) is 19.8 Å². The zero-order chi connectivity index (χ0) is 27.0. The highest BCUT2D eigenvalue weighted by molar-refractivity contribution is 5.94. The Morgan fingerprint density at radius 1 is 1.03 bits per heavy atom. The molecule has 5 aromatic rings. The summed E-state index contributed by atoms with van der Waals surface area (Å²) in [6.45, 7) is -0.230. The number of aromatic nitrogens is 5. The number of nitrogens with zero attached hydrogens (tertiary/aromatic N) is 6. The van der Waals surface area contributed by atoms with E-state index in [2.05, 4.69) is 20.2 Å². The van der Waals surface area contributed by atoms with E-state index < -0.39 is 17.4 Å². The highest BCUT2D eigenvalue weighted by Crippen LogP contribution is 2.36. The number of fused-ring (bicyclic) bond motifs is 2. The molecule has 0 aliphatic carbocycles. The lowest BCUT2D eigenvalue weighted by atomic mass is 10.2. The predicted octanol–water partition coefficient (Wildman–Crippen LogP) is 2.48. The fourth-order valence-corrected chi connectivity index (χ4v) is 4.12. The Morgan fingerprint density at radius 3 is 2.47 bits per heavy atom. The van der Waals surface area contributed by atoms with E-state index in [4.69, 9.17) is 9.47 Å². The predicted molar refractivity (Wildman–Crippen MR) is 139 cm³/mol. The number of aromatic hydroxyl groups is 1. The van der Waals surface area contributed by atoms with E-state index in [1.54, 1.807) is 49.6 Å². The molecule has 0 saturated heterocycles. The first kappa shape index (κ1) is 24.8. The molecule has 13 nitrogen and oxygen atoms in total. The third-order valence-electron chi connectivity index (χ3n) is 6.12. The molecule has 5 rings (SSSR count). The lowest BCUT2D eigenvalue weighted by Gasteiger charge is -2.14. The van der Waals surface area contributed by atoms with E-state index in [-0.39, 0.29) is 41.8 Å². The lowest BCUT2D eigenvalue weighted by molar-refractivity contribution is 0.0937. The minimum Gasteiger partial charge on any atom is -0.497 e. The second-order valence-corrected chi connectivity index (χ2v) is 8.61. The summed E-state index contributed by atoms with van der Waals surface area (Å²) in [5.41, 5.74) is -0.170. The molecule has 0 bridgehead atoms. The highest BCUT2D eigenvalue weighted by Gasteiger charge is 2.22. The second kappa shape index (κ2) is 9.86. The topological polar surface area (TPSA) is 161 Å². The van der Waals surface area contributed by atoms with Crippen LogP contribution in [0, 0.1) is 0 Å². The molecule has 3 heterocycles. The minimum absolute atomic E-state index is 0.0357. The summed E-state index contributed by atoms with van der Waals surface area (Å²) >= 11 is 0. The van der Waals surface area contributed by atoms with Crippen LogP contribution in [-0.4, -0.2) is 53.7 Å². The summed E-state index contributed by atoms with van der Waals surface area (Å²) < 4.78 is 14.4. The summed E-state index contributed by atoms with van der Waals surface area (Å²) in [4.78, 5) is 32.7. The number of ether oxygens (including phenoxy) is 2. The van der Waals surface area contributed by atoms with Gasteiger partial charge in [-0.1, -0.05) is 18.2 Å². The minimum atomic E-state index is -1.08. The second-order valence-electron chi connectivity index (χ2n) is 8.61. The number of hydrogen-bond donors (Lipinski definition) is 3. The van der Waals surface area contributed by atoms with Gasteiger partial charge in [0, 0.05) is 19.5 Å². The molecule has 0 radical (unpaired) electrons. The number of aromatic amines is 1. The number of nitrogens with one attached hydrogen (secondary N) is 1. The van der Waals surface area contributed by atoms with Gasteiger partial charge in [0.05, 0.1) is 19.2 Å². The smallest absolute Gasteiger partial charge is 0.332 e.